The molecule has 0 saturated carbocycles. The second-order valence-electron chi connectivity index (χ2n) is 5.45. The number of benzene rings is 1. The standard InChI is InChI=1S/C17H28N2O2.ClH/c1-14-9-6-7-10-16(14)21-15(2)13-19-17(20)11-5-3-4-8-12-18;/h6-7,9-10,15H,3-5,8,11-13,18H2,1-2H3,(H,19,20);1H. The van der Waals surface area contributed by atoms with E-state index in [1.807, 2.05) is 38.1 Å². The fourth-order valence-corrected chi connectivity index (χ4v) is 2.08. The van der Waals surface area contributed by atoms with Crippen LogP contribution in [0.25, 0.3) is 0 Å². The molecule has 0 aliphatic carbocycles. The SMILES string of the molecule is Cc1ccccc1OC(C)CNC(=O)CCCCCCN.Cl. The zero-order chi connectivity index (χ0) is 15.5. The predicted molar refractivity (Wildman–Crippen MR) is 93.7 cm³/mol. The van der Waals surface area contributed by atoms with Gasteiger partial charge in [0.05, 0.1) is 6.54 Å². The van der Waals surface area contributed by atoms with Crippen molar-refractivity contribution in [3.8, 4) is 5.75 Å². The molecule has 22 heavy (non-hydrogen) atoms. The Morgan fingerprint density at radius 2 is 1.91 bits per heavy atom. The Hall–Kier alpha value is -1.26. The van der Waals surface area contributed by atoms with Crippen LogP contribution in [0.1, 0.15) is 44.6 Å². The van der Waals surface area contributed by atoms with Crippen LogP contribution in [0.3, 0.4) is 0 Å². The number of carbonyl (C=O) groups excluding carboxylic acids is 1. The highest BCUT2D eigenvalue weighted by Crippen LogP contribution is 2.17. The van der Waals surface area contributed by atoms with E-state index < -0.39 is 0 Å². The van der Waals surface area contributed by atoms with Gasteiger partial charge in [0.1, 0.15) is 11.9 Å². The van der Waals surface area contributed by atoms with Crippen molar-refractivity contribution in [1.29, 1.82) is 0 Å². The first-order valence-electron chi connectivity index (χ1n) is 7.82. The van der Waals surface area contributed by atoms with Gasteiger partial charge in [0.2, 0.25) is 5.91 Å². The van der Waals surface area contributed by atoms with Gasteiger partial charge in [-0.05, 0) is 44.9 Å². The topological polar surface area (TPSA) is 64.3 Å². The number of hydrogen-bond acceptors (Lipinski definition) is 3. The molecule has 0 bridgehead atoms. The van der Waals surface area contributed by atoms with Crippen LogP contribution in [0.15, 0.2) is 24.3 Å². The van der Waals surface area contributed by atoms with E-state index >= 15 is 0 Å². The zero-order valence-corrected chi connectivity index (χ0v) is 14.5. The van der Waals surface area contributed by atoms with Crippen molar-refractivity contribution in [2.24, 2.45) is 5.73 Å². The molecular formula is C17H29ClN2O2. The lowest BCUT2D eigenvalue weighted by Gasteiger charge is -2.17. The molecule has 1 unspecified atom stereocenters. The van der Waals surface area contributed by atoms with E-state index in [-0.39, 0.29) is 24.4 Å². The van der Waals surface area contributed by atoms with Crippen LogP contribution in [-0.4, -0.2) is 25.1 Å². The van der Waals surface area contributed by atoms with Gasteiger partial charge in [-0.15, -0.1) is 12.4 Å². The first-order valence-corrected chi connectivity index (χ1v) is 7.82. The maximum atomic E-state index is 11.7. The van der Waals surface area contributed by atoms with Crippen LogP contribution < -0.4 is 15.8 Å². The van der Waals surface area contributed by atoms with Crippen molar-refractivity contribution in [3.05, 3.63) is 29.8 Å². The average molecular weight is 329 g/mol. The third-order valence-electron chi connectivity index (χ3n) is 3.37. The van der Waals surface area contributed by atoms with Crippen LogP contribution in [0.5, 0.6) is 5.75 Å². The molecule has 0 saturated heterocycles. The molecule has 0 aliphatic rings. The molecule has 1 rings (SSSR count). The third-order valence-corrected chi connectivity index (χ3v) is 3.37. The Labute approximate surface area is 140 Å². The number of nitrogens with one attached hydrogen (secondary N) is 1. The van der Waals surface area contributed by atoms with E-state index in [1.54, 1.807) is 0 Å². The van der Waals surface area contributed by atoms with E-state index in [1.165, 1.54) is 0 Å². The molecular weight excluding hydrogens is 300 g/mol. The molecule has 5 heteroatoms. The minimum Gasteiger partial charge on any atom is -0.489 e. The minimum atomic E-state index is -0.0349. The van der Waals surface area contributed by atoms with Gasteiger partial charge < -0.3 is 15.8 Å². The molecule has 0 aromatic heterocycles. The molecule has 0 aliphatic heterocycles. The first kappa shape index (κ1) is 20.7. The summed E-state index contributed by atoms with van der Waals surface area (Å²) in [4.78, 5) is 11.7. The summed E-state index contributed by atoms with van der Waals surface area (Å²) in [5, 5.41) is 2.92. The maximum absolute atomic E-state index is 11.7. The molecule has 0 spiro atoms. The van der Waals surface area contributed by atoms with Gasteiger partial charge in [0.15, 0.2) is 0 Å². The molecule has 1 atom stereocenters. The highest BCUT2D eigenvalue weighted by molar-refractivity contribution is 5.85. The second-order valence-corrected chi connectivity index (χ2v) is 5.45. The Kier molecular flexibility index (Phi) is 11.6. The summed E-state index contributed by atoms with van der Waals surface area (Å²) in [5.74, 6) is 0.976. The summed E-state index contributed by atoms with van der Waals surface area (Å²) in [7, 11) is 0. The number of unbranched alkanes of at least 4 members (excludes halogenated alkanes) is 3. The fourth-order valence-electron chi connectivity index (χ4n) is 2.08. The van der Waals surface area contributed by atoms with E-state index in [9.17, 15) is 4.79 Å². The monoisotopic (exact) mass is 328 g/mol. The van der Waals surface area contributed by atoms with Gasteiger partial charge in [0, 0.05) is 6.42 Å². The van der Waals surface area contributed by atoms with Crippen molar-refractivity contribution in [2.75, 3.05) is 13.1 Å². The second kappa shape index (κ2) is 12.3. The number of rotatable bonds is 10. The summed E-state index contributed by atoms with van der Waals surface area (Å²) in [6.45, 7) is 5.26. The number of aryl methyl sites for hydroxylation is 1. The Bertz CT molecular complexity index is 427. The van der Waals surface area contributed by atoms with Gasteiger partial charge in [-0.3, -0.25) is 4.79 Å². The Morgan fingerprint density at radius 1 is 1.23 bits per heavy atom. The number of ether oxygens (including phenoxy) is 1. The van der Waals surface area contributed by atoms with Crippen molar-refractivity contribution in [3.63, 3.8) is 0 Å². The molecule has 0 radical (unpaired) electrons. The number of para-hydroxylation sites is 1. The number of amides is 1. The summed E-state index contributed by atoms with van der Waals surface area (Å²) in [6, 6.07) is 7.90. The summed E-state index contributed by atoms with van der Waals surface area (Å²) in [6.07, 6.45) is 4.70. The van der Waals surface area contributed by atoms with Gasteiger partial charge in [-0.1, -0.05) is 31.0 Å². The van der Waals surface area contributed by atoms with Crippen LogP contribution in [-0.2, 0) is 4.79 Å². The zero-order valence-electron chi connectivity index (χ0n) is 13.6. The number of nitrogens with two attached hydrogens (primary N) is 1. The fraction of sp³-hybridized carbons (Fsp3) is 0.588. The quantitative estimate of drug-likeness (QED) is 0.648. The average Bonchev–Trinajstić information content (AvgIpc) is 2.47. The van der Waals surface area contributed by atoms with Crippen LogP contribution in [0, 0.1) is 6.92 Å². The highest BCUT2D eigenvalue weighted by Gasteiger charge is 2.08. The van der Waals surface area contributed by atoms with Crippen molar-refractivity contribution < 1.29 is 9.53 Å². The summed E-state index contributed by atoms with van der Waals surface area (Å²) >= 11 is 0. The molecule has 1 aromatic rings. The first-order chi connectivity index (χ1) is 10.1. The summed E-state index contributed by atoms with van der Waals surface area (Å²) in [5.41, 5.74) is 6.54. The van der Waals surface area contributed by atoms with Gasteiger partial charge >= 0.3 is 0 Å². The van der Waals surface area contributed by atoms with Crippen molar-refractivity contribution in [2.45, 2.75) is 52.1 Å². The van der Waals surface area contributed by atoms with Crippen LogP contribution >= 0.6 is 12.4 Å². The van der Waals surface area contributed by atoms with E-state index in [0.717, 1.165) is 43.5 Å². The van der Waals surface area contributed by atoms with Crippen LogP contribution in [0.2, 0.25) is 0 Å². The molecule has 1 aromatic carbocycles. The molecule has 126 valence electrons. The van der Waals surface area contributed by atoms with E-state index in [0.29, 0.717) is 13.0 Å². The largest absolute Gasteiger partial charge is 0.489 e. The lowest BCUT2D eigenvalue weighted by molar-refractivity contribution is -0.121. The molecule has 0 heterocycles. The Morgan fingerprint density at radius 3 is 2.59 bits per heavy atom. The van der Waals surface area contributed by atoms with Crippen molar-refractivity contribution in [1.82, 2.24) is 5.32 Å². The molecule has 0 fully saturated rings. The lowest BCUT2D eigenvalue weighted by atomic mass is 10.1. The smallest absolute Gasteiger partial charge is 0.220 e. The normalized spacial score (nSPS) is 11.4. The molecule has 3 N–H and O–H groups in total. The maximum Gasteiger partial charge on any atom is 0.220 e. The third kappa shape index (κ3) is 8.90. The van der Waals surface area contributed by atoms with E-state index in [2.05, 4.69) is 5.32 Å². The molecule has 4 nitrogen and oxygen atoms in total. The minimum absolute atomic E-state index is 0. The predicted octanol–water partition coefficient (Wildman–Crippen LogP) is 3.21. The van der Waals surface area contributed by atoms with Gasteiger partial charge in [-0.2, -0.15) is 0 Å². The van der Waals surface area contributed by atoms with Crippen molar-refractivity contribution >= 4 is 18.3 Å². The summed E-state index contributed by atoms with van der Waals surface area (Å²) < 4.78 is 5.82. The lowest BCUT2D eigenvalue weighted by Crippen LogP contribution is -2.33. The number of carbonyl (C=O) groups is 1. The van der Waals surface area contributed by atoms with Crippen LogP contribution in [0.4, 0.5) is 0 Å². The number of halogens is 1. The Balaban J connectivity index is 0.00000441. The van der Waals surface area contributed by atoms with E-state index in [4.69, 9.17) is 10.5 Å². The highest BCUT2D eigenvalue weighted by atomic mass is 35.5. The van der Waals surface area contributed by atoms with Gasteiger partial charge in [-0.25, -0.2) is 0 Å². The molecule has 1 amide bonds. The van der Waals surface area contributed by atoms with Gasteiger partial charge in [0.25, 0.3) is 0 Å². The number of hydrogen-bond donors (Lipinski definition) is 2.